The van der Waals surface area contributed by atoms with Crippen LogP contribution in [0.4, 0.5) is 0 Å². The molecular weight excluding hydrogens is 258 g/mol. The van der Waals surface area contributed by atoms with Crippen LogP contribution in [0.15, 0.2) is 36.9 Å². The second kappa shape index (κ2) is 5.99. The van der Waals surface area contributed by atoms with E-state index in [9.17, 15) is 4.79 Å². The minimum Gasteiger partial charge on any atom is -0.395 e. The van der Waals surface area contributed by atoms with Crippen molar-refractivity contribution >= 4 is 27.3 Å². The largest absolute Gasteiger partial charge is 0.395 e. The Morgan fingerprint density at radius 1 is 1.47 bits per heavy atom. The number of aliphatic hydroxyl groups excluding tert-OH is 1. The molecule has 0 unspecified atom stereocenters. The van der Waals surface area contributed by atoms with Crippen LogP contribution in [-0.4, -0.2) is 35.6 Å². The van der Waals surface area contributed by atoms with Crippen LogP contribution in [-0.2, 0) is 0 Å². The second-order valence-corrected chi connectivity index (χ2v) is 5.37. The molecule has 0 aliphatic rings. The fourth-order valence-electron chi connectivity index (χ4n) is 2.07. The lowest BCUT2D eigenvalue weighted by atomic mass is 10.1. The summed E-state index contributed by atoms with van der Waals surface area (Å²) in [5.41, 5.74) is 1.01. The number of rotatable bonds is 5. The van der Waals surface area contributed by atoms with E-state index in [1.807, 2.05) is 31.2 Å². The molecule has 0 aliphatic carbocycles. The average Bonchev–Trinajstić information content (AvgIpc) is 2.76. The van der Waals surface area contributed by atoms with Gasteiger partial charge >= 0.3 is 0 Å². The van der Waals surface area contributed by atoms with Crippen LogP contribution in [0.3, 0.4) is 0 Å². The fourth-order valence-corrected chi connectivity index (χ4v) is 3.25. The lowest BCUT2D eigenvalue weighted by Crippen LogP contribution is -2.33. The molecule has 1 N–H and O–H groups in total. The number of carbonyl (C=O) groups is 1. The summed E-state index contributed by atoms with van der Waals surface area (Å²) in [6.07, 6.45) is 1.68. The second-order valence-electron chi connectivity index (χ2n) is 4.32. The number of benzene rings is 1. The minimum absolute atomic E-state index is 0.0346. The Labute approximate surface area is 116 Å². The molecule has 1 heterocycles. The predicted octanol–water partition coefficient (Wildman–Crippen LogP) is 2.83. The van der Waals surface area contributed by atoms with Crippen molar-refractivity contribution in [3.8, 4) is 0 Å². The zero-order valence-electron chi connectivity index (χ0n) is 10.9. The smallest absolute Gasteiger partial charge is 0.264 e. The number of hydrogen-bond donors (Lipinski definition) is 1. The molecule has 2 rings (SSSR count). The normalized spacial score (nSPS) is 10.6. The predicted molar refractivity (Wildman–Crippen MR) is 79.7 cm³/mol. The number of thiophene rings is 1. The molecule has 0 radical (unpaired) electrons. The summed E-state index contributed by atoms with van der Waals surface area (Å²) in [7, 11) is 0. The third-order valence-electron chi connectivity index (χ3n) is 3.04. The number of fused-ring (bicyclic) bond motifs is 1. The quantitative estimate of drug-likeness (QED) is 0.852. The van der Waals surface area contributed by atoms with Gasteiger partial charge in [0, 0.05) is 17.8 Å². The zero-order valence-corrected chi connectivity index (χ0v) is 11.7. The molecule has 100 valence electrons. The summed E-state index contributed by atoms with van der Waals surface area (Å²) < 4.78 is 1.12. The number of hydrogen-bond acceptors (Lipinski definition) is 3. The highest BCUT2D eigenvalue weighted by Gasteiger charge is 2.20. The third kappa shape index (κ3) is 2.69. The molecule has 0 fully saturated rings. The standard InChI is InChI=1S/C15H17NO2S/c1-3-8-16(9-10-17)15(18)14-11(2)12-6-4-5-7-13(12)19-14/h3-7,17H,1,8-10H2,2H3. The summed E-state index contributed by atoms with van der Waals surface area (Å²) in [5.74, 6) is -0.0346. The molecule has 3 nitrogen and oxygen atoms in total. The number of aliphatic hydroxyl groups is 1. The molecule has 1 aromatic carbocycles. The van der Waals surface area contributed by atoms with Gasteiger partial charge in [-0.05, 0) is 23.9 Å². The molecule has 0 saturated heterocycles. The Balaban J connectivity index is 2.39. The molecule has 0 atom stereocenters. The van der Waals surface area contributed by atoms with Gasteiger partial charge < -0.3 is 10.0 Å². The van der Waals surface area contributed by atoms with Gasteiger partial charge in [-0.2, -0.15) is 0 Å². The minimum atomic E-state index is -0.0382. The highest BCUT2D eigenvalue weighted by atomic mass is 32.1. The maximum atomic E-state index is 12.5. The Hall–Kier alpha value is -1.65. The van der Waals surface area contributed by atoms with Gasteiger partial charge in [0.2, 0.25) is 0 Å². The summed E-state index contributed by atoms with van der Waals surface area (Å²) in [6, 6.07) is 8.00. The van der Waals surface area contributed by atoms with Gasteiger partial charge in [-0.25, -0.2) is 0 Å². The van der Waals surface area contributed by atoms with Crippen LogP contribution in [0, 0.1) is 6.92 Å². The van der Waals surface area contributed by atoms with Crippen molar-refractivity contribution in [1.29, 1.82) is 0 Å². The van der Waals surface area contributed by atoms with Gasteiger partial charge in [-0.3, -0.25) is 4.79 Å². The van der Waals surface area contributed by atoms with Crippen LogP contribution >= 0.6 is 11.3 Å². The molecular formula is C15H17NO2S. The Bertz CT molecular complexity index is 603. The SMILES string of the molecule is C=CCN(CCO)C(=O)c1sc2ccccc2c1C. The number of amides is 1. The van der Waals surface area contributed by atoms with Gasteiger partial charge in [0.15, 0.2) is 0 Å². The van der Waals surface area contributed by atoms with Crippen molar-refractivity contribution in [3.63, 3.8) is 0 Å². The van der Waals surface area contributed by atoms with E-state index in [4.69, 9.17) is 5.11 Å². The summed E-state index contributed by atoms with van der Waals surface area (Å²) in [5, 5.41) is 10.2. The summed E-state index contributed by atoms with van der Waals surface area (Å²) in [6.45, 7) is 6.37. The third-order valence-corrected chi connectivity index (χ3v) is 4.31. The van der Waals surface area contributed by atoms with Gasteiger partial charge in [0.1, 0.15) is 0 Å². The first-order valence-corrected chi connectivity index (χ1v) is 7.00. The van der Waals surface area contributed by atoms with Crippen LogP contribution in [0.1, 0.15) is 15.2 Å². The van der Waals surface area contributed by atoms with Crippen molar-refractivity contribution in [2.75, 3.05) is 19.7 Å². The van der Waals surface area contributed by atoms with Crippen molar-refractivity contribution in [2.24, 2.45) is 0 Å². The van der Waals surface area contributed by atoms with Gasteiger partial charge in [-0.1, -0.05) is 24.3 Å². The maximum Gasteiger partial charge on any atom is 0.264 e. The first-order valence-electron chi connectivity index (χ1n) is 6.18. The summed E-state index contributed by atoms with van der Waals surface area (Å²) >= 11 is 1.50. The van der Waals surface area contributed by atoms with Crippen molar-refractivity contribution < 1.29 is 9.90 Å². The average molecular weight is 275 g/mol. The fraction of sp³-hybridized carbons (Fsp3) is 0.267. The highest BCUT2D eigenvalue weighted by molar-refractivity contribution is 7.21. The van der Waals surface area contributed by atoms with Crippen LogP contribution in [0.5, 0.6) is 0 Å². The zero-order chi connectivity index (χ0) is 13.8. The van der Waals surface area contributed by atoms with E-state index >= 15 is 0 Å². The lowest BCUT2D eigenvalue weighted by molar-refractivity contribution is 0.0747. The lowest BCUT2D eigenvalue weighted by Gasteiger charge is -2.19. The molecule has 19 heavy (non-hydrogen) atoms. The Morgan fingerprint density at radius 3 is 2.84 bits per heavy atom. The van der Waals surface area contributed by atoms with Crippen molar-refractivity contribution in [1.82, 2.24) is 4.90 Å². The number of carbonyl (C=O) groups excluding carboxylic acids is 1. The molecule has 0 bridgehead atoms. The van der Waals surface area contributed by atoms with Crippen LogP contribution < -0.4 is 0 Å². The van der Waals surface area contributed by atoms with Crippen molar-refractivity contribution in [2.45, 2.75) is 6.92 Å². The van der Waals surface area contributed by atoms with E-state index in [1.54, 1.807) is 11.0 Å². The molecule has 0 saturated carbocycles. The molecule has 0 aliphatic heterocycles. The topological polar surface area (TPSA) is 40.5 Å². The van der Waals surface area contributed by atoms with Crippen LogP contribution in [0.2, 0.25) is 0 Å². The first kappa shape index (κ1) is 13.8. The molecule has 1 aromatic heterocycles. The molecule has 1 amide bonds. The molecule has 0 spiro atoms. The monoisotopic (exact) mass is 275 g/mol. The maximum absolute atomic E-state index is 12.5. The number of nitrogens with zero attached hydrogens (tertiary/aromatic N) is 1. The van der Waals surface area contributed by atoms with Crippen molar-refractivity contribution in [3.05, 3.63) is 47.4 Å². The van der Waals surface area contributed by atoms with E-state index < -0.39 is 0 Å². The van der Waals surface area contributed by atoms with E-state index in [0.717, 1.165) is 20.5 Å². The van der Waals surface area contributed by atoms with E-state index in [-0.39, 0.29) is 12.5 Å². The summed E-state index contributed by atoms with van der Waals surface area (Å²) in [4.78, 5) is 14.9. The number of aryl methyl sites for hydroxylation is 1. The molecule has 4 heteroatoms. The first-order chi connectivity index (χ1) is 9.19. The highest BCUT2D eigenvalue weighted by Crippen LogP contribution is 2.31. The molecule has 2 aromatic rings. The van der Waals surface area contributed by atoms with Gasteiger partial charge in [0.25, 0.3) is 5.91 Å². The Morgan fingerprint density at radius 2 is 2.21 bits per heavy atom. The van der Waals surface area contributed by atoms with E-state index in [2.05, 4.69) is 6.58 Å². The van der Waals surface area contributed by atoms with Gasteiger partial charge in [0.05, 0.1) is 11.5 Å². The van der Waals surface area contributed by atoms with E-state index in [0.29, 0.717) is 13.1 Å². The van der Waals surface area contributed by atoms with Gasteiger partial charge in [-0.15, -0.1) is 17.9 Å². The van der Waals surface area contributed by atoms with E-state index in [1.165, 1.54) is 11.3 Å². The Kier molecular flexibility index (Phi) is 4.35. The van der Waals surface area contributed by atoms with Crippen LogP contribution in [0.25, 0.3) is 10.1 Å².